The molecule has 0 aromatic heterocycles. The van der Waals surface area contributed by atoms with Crippen molar-refractivity contribution in [2.75, 3.05) is 19.8 Å². The first-order chi connectivity index (χ1) is 11.3. The number of nitrogens with one attached hydrogen (secondary N) is 1. The highest BCUT2D eigenvalue weighted by Crippen LogP contribution is 2.44. The lowest BCUT2D eigenvalue weighted by Crippen LogP contribution is -2.28. The lowest BCUT2D eigenvalue weighted by Gasteiger charge is -2.14. The first-order valence-corrected chi connectivity index (χ1v) is 7.62. The number of hydrogen-bond donors (Lipinski definition) is 1. The Bertz CT molecular complexity index is 666. The Morgan fingerprint density at radius 1 is 1.09 bits per heavy atom. The molecule has 3 rings (SSSR count). The Morgan fingerprint density at radius 2 is 1.70 bits per heavy atom. The Labute approximate surface area is 135 Å². The van der Waals surface area contributed by atoms with Crippen LogP contribution in [0.4, 0.5) is 4.79 Å². The number of ether oxygens (including phenoxy) is 2. The van der Waals surface area contributed by atoms with Crippen molar-refractivity contribution in [1.29, 1.82) is 0 Å². The second kappa shape index (κ2) is 7.01. The van der Waals surface area contributed by atoms with E-state index >= 15 is 0 Å². The molecule has 2 aromatic rings. The molecule has 0 atom stereocenters. The van der Waals surface area contributed by atoms with E-state index in [9.17, 15) is 4.79 Å². The van der Waals surface area contributed by atoms with Gasteiger partial charge in [-0.25, -0.2) is 4.79 Å². The molecule has 0 radical (unpaired) electrons. The van der Waals surface area contributed by atoms with E-state index in [2.05, 4.69) is 36.2 Å². The monoisotopic (exact) mass is 309 g/mol. The summed E-state index contributed by atoms with van der Waals surface area (Å²) in [5.41, 5.74) is 4.85. The molecule has 0 saturated carbocycles. The highest BCUT2D eigenvalue weighted by atomic mass is 16.5. The molecule has 4 nitrogen and oxygen atoms in total. The molecular weight excluding hydrogens is 290 g/mol. The van der Waals surface area contributed by atoms with Crippen LogP contribution in [0.15, 0.2) is 61.4 Å². The largest absolute Gasteiger partial charge is 0.500 e. The number of carbonyl (C=O) groups is 1. The fraction of sp³-hybridized carbons (Fsp3) is 0.211. The van der Waals surface area contributed by atoms with Gasteiger partial charge in [0.05, 0.1) is 12.8 Å². The summed E-state index contributed by atoms with van der Waals surface area (Å²) in [5.74, 6) is 0.0811. The summed E-state index contributed by atoms with van der Waals surface area (Å²) in [7, 11) is 0. The Kier molecular flexibility index (Phi) is 4.62. The van der Waals surface area contributed by atoms with E-state index in [0.717, 1.165) is 0 Å². The van der Waals surface area contributed by atoms with E-state index in [4.69, 9.17) is 9.47 Å². The minimum Gasteiger partial charge on any atom is -0.500 e. The first-order valence-electron chi connectivity index (χ1n) is 7.62. The number of fused-ring (bicyclic) bond motifs is 3. The van der Waals surface area contributed by atoms with E-state index in [0.29, 0.717) is 19.8 Å². The van der Waals surface area contributed by atoms with Gasteiger partial charge in [0.1, 0.15) is 13.2 Å². The lowest BCUT2D eigenvalue weighted by molar-refractivity contribution is 0.139. The van der Waals surface area contributed by atoms with Gasteiger partial charge in [0.15, 0.2) is 0 Å². The minimum absolute atomic E-state index is 0.0811. The van der Waals surface area contributed by atoms with Crippen molar-refractivity contribution in [1.82, 2.24) is 5.32 Å². The third-order valence-electron chi connectivity index (χ3n) is 3.95. The molecule has 0 heterocycles. The van der Waals surface area contributed by atoms with Crippen LogP contribution in [0, 0.1) is 0 Å². The number of hydrogen-bond acceptors (Lipinski definition) is 3. The fourth-order valence-corrected chi connectivity index (χ4v) is 2.94. The number of benzene rings is 2. The van der Waals surface area contributed by atoms with Gasteiger partial charge in [0, 0.05) is 5.92 Å². The molecule has 1 aliphatic rings. The van der Waals surface area contributed by atoms with Crippen LogP contribution in [0.25, 0.3) is 11.1 Å². The third-order valence-corrected chi connectivity index (χ3v) is 3.95. The molecule has 1 N–H and O–H groups in total. The summed E-state index contributed by atoms with van der Waals surface area (Å²) in [6.07, 6.45) is 0.916. The molecule has 0 spiro atoms. The normalized spacial score (nSPS) is 12.2. The zero-order valence-electron chi connectivity index (χ0n) is 12.8. The average molecular weight is 309 g/mol. The molecule has 0 aliphatic heterocycles. The van der Waals surface area contributed by atoms with Crippen LogP contribution < -0.4 is 5.32 Å². The van der Waals surface area contributed by atoms with E-state index in [-0.39, 0.29) is 5.92 Å². The molecule has 0 bridgehead atoms. The summed E-state index contributed by atoms with van der Waals surface area (Å²) in [6.45, 7) is 4.54. The van der Waals surface area contributed by atoms with E-state index in [1.165, 1.54) is 28.5 Å². The quantitative estimate of drug-likeness (QED) is 0.654. The summed E-state index contributed by atoms with van der Waals surface area (Å²) in [4.78, 5) is 11.8. The van der Waals surface area contributed by atoms with Gasteiger partial charge in [-0.15, -0.1) is 0 Å². The molecule has 2 aromatic carbocycles. The van der Waals surface area contributed by atoms with Crippen molar-refractivity contribution in [3.05, 3.63) is 72.5 Å². The Morgan fingerprint density at radius 3 is 2.30 bits per heavy atom. The summed E-state index contributed by atoms with van der Waals surface area (Å²) in [5, 5.41) is 2.66. The number of alkyl carbamates (subject to hydrolysis) is 1. The van der Waals surface area contributed by atoms with Gasteiger partial charge in [-0.3, -0.25) is 0 Å². The van der Waals surface area contributed by atoms with Crippen molar-refractivity contribution in [3.63, 3.8) is 0 Å². The molecule has 0 saturated heterocycles. The number of carbonyl (C=O) groups excluding carboxylic acids is 1. The summed E-state index contributed by atoms with van der Waals surface area (Å²) >= 11 is 0. The molecule has 1 amide bonds. The van der Waals surface area contributed by atoms with Crippen LogP contribution in [0.5, 0.6) is 0 Å². The maximum atomic E-state index is 11.8. The van der Waals surface area contributed by atoms with Crippen LogP contribution in [-0.2, 0) is 9.47 Å². The molecule has 0 fully saturated rings. The summed E-state index contributed by atoms with van der Waals surface area (Å²) < 4.78 is 10.3. The van der Waals surface area contributed by atoms with E-state index < -0.39 is 6.09 Å². The van der Waals surface area contributed by atoms with Crippen LogP contribution in [-0.4, -0.2) is 25.9 Å². The standard InChI is InChI=1S/C19H19NO3/c1-2-22-12-11-20-19(21)23-13-18-16-9-5-3-7-14(16)15-8-4-6-10-17(15)18/h2-10,18H,1,11-13H2,(H,20,21). The highest BCUT2D eigenvalue weighted by molar-refractivity contribution is 5.79. The predicted molar refractivity (Wildman–Crippen MR) is 89.2 cm³/mol. The third kappa shape index (κ3) is 3.21. The highest BCUT2D eigenvalue weighted by Gasteiger charge is 2.28. The van der Waals surface area contributed by atoms with Gasteiger partial charge < -0.3 is 14.8 Å². The number of rotatable bonds is 6. The zero-order valence-corrected chi connectivity index (χ0v) is 12.8. The molecule has 1 aliphatic carbocycles. The van der Waals surface area contributed by atoms with Crippen molar-refractivity contribution in [3.8, 4) is 11.1 Å². The van der Waals surface area contributed by atoms with Gasteiger partial charge in [0.25, 0.3) is 0 Å². The van der Waals surface area contributed by atoms with Gasteiger partial charge in [0.2, 0.25) is 0 Å². The molecule has 4 heteroatoms. The van der Waals surface area contributed by atoms with E-state index in [1.807, 2.05) is 24.3 Å². The number of amides is 1. The lowest BCUT2D eigenvalue weighted by atomic mass is 9.98. The predicted octanol–water partition coefficient (Wildman–Crippen LogP) is 3.69. The van der Waals surface area contributed by atoms with Crippen molar-refractivity contribution < 1.29 is 14.3 Å². The summed E-state index contributed by atoms with van der Waals surface area (Å²) in [6, 6.07) is 16.5. The van der Waals surface area contributed by atoms with Crippen molar-refractivity contribution in [2.45, 2.75) is 5.92 Å². The molecule has 23 heavy (non-hydrogen) atoms. The van der Waals surface area contributed by atoms with Crippen LogP contribution in [0.2, 0.25) is 0 Å². The van der Waals surface area contributed by atoms with Gasteiger partial charge in [-0.1, -0.05) is 55.1 Å². The minimum atomic E-state index is -0.431. The Hall–Kier alpha value is -2.75. The zero-order chi connectivity index (χ0) is 16.1. The fourth-order valence-electron chi connectivity index (χ4n) is 2.94. The maximum Gasteiger partial charge on any atom is 0.407 e. The van der Waals surface area contributed by atoms with Gasteiger partial charge >= 0.3 is 6.09 Å². The van der Waals surface area contributed by atoms with Crippen LogP contribution in [0.1, 0.15) is 17.0 Å². The van der Waals surface area contributed by atoms with E-state index in [1.54, 1.807) is 0 Å². The smallest absolute Gasteiger partial charge is 0.407 e. The Balaban J connectivity index is 1.66. The maximum absolute atomic E-state index is 11.8. The molecule has 0 unspecified atom stereocenters. The SMILES string of the molecule is C=COCCNC(=O)OCC1c2ccccc2-c2ccccc21. The molecule has 118 valence electrons. The molecular formula is C19H19NO3. The second-order valence-corrected chi connectivity index (χ2v) is 5.29. The van der Waals surface area contributed by atoms with Crippen LogP contribution >= 0.6 is 0 Å². The van der Waals surface area contributed by atoms with Crippen LogP contribution in [0.3, 0.4) is 0 Å². The van der Waals surface area contributed by atoms with Gasteiger partial charge in [-0.2, -0.15) is 0 Å². The van der Waals surface area contributed by atoms with Gasteiger partial charge in [-0.05, 0) is 22.3 Å². The average Bonchev–Trinajstić information content (AvgIpc) is 2.91. The van der Waals surface area contributed by atoms with Crippen molar-refractivity contribution in [2.24, 2.45) is 0 Å². The second-order valence-electron chi connectivity index (χ2n) is 5.29. The van der Waals surface area contributed by atoms with Crippen molar-refractivity contribution >= 4 is 6.09 Å². The topological polar surface area (TPSA) is 47.6 Å². The first kappa shape index (κ1) is 15.2.